The van der Waals surface area contributed by atoms with Gasteiger partial charge in [0, 0.05) is 0 Å². The van der Waals surface area contributed by atoms with Crippen LogP contribution >= 0.6 is 7.26 Å². The van der Waals surface area contributed by atoms with E-state index >= 15 is 0 Å². The molecule has 0 saturated heterocycles. The van der Waals surface area contributed by atoms with Crippen molar-refractivity contribution in [3.05, 3.63) is 91.0 Å². The molecule has 0 bridgehead atoms. The monoisotopic (exact) mass is 349 g/mol. The van der Waals surface area contributed by atoms with Crippen molar-refractivity contribution < 1.29 is 5.11 Å². The molecule has 0 fully saturated rings. The van der Waals surface area contributed by atoms with Crippen molar-refractivity contribution >= 4 is 23.2 Å². The fourth-order valence-corrected chi connectivity index (χ4v) is 7.88. The van der Waals surface area contributed by atoms with Crippen LogP contribution in [0.1, 0.15) is 19.8 Å². The van der Waals surface area contributed by atoms with E-state index in [2.05, 4.69) is 91.0 Å². The minimum atomic E-state index is -1.72. The van der Waals surface area contributed by atoms with Gasteiger partial charge in [0.25, 0.3) is 0 Å². The molecule has 0 radical (unpaired) electrons. The summed E-state index contributed by atoms with van der Waals surface area (Å²) in [5.41, 5.74) is 0. The lowest BCUT2D eigenvalue weighted by Crippen LogP contribution is -2.33. The Morgan fingerprint density at radius 2 is 1.04 bits per heavy atom. The molecular weight excluding hydrogens is 323 g/mol. The molecule has 3 aromatic carbocycles. The first-order chi connectivity index (χ1) is 12.2. The normalized spacial score (nSPS) is 12.7. The van der Waals surface area contributed by atoms with Crippen molar-refractivity contribution in [2.24, 2.45) is 0 Å². The lowest BCUT2D eigenvalue weighted by atomic mass is 10.2. The van der Waals surface area contributed by atoms with Crippen molar-refractivity contribution in [1.29, 1.82) is 0 Å². The summed E-state index contributed by atoms with van der Waals surface area (Å²) in [6, 6.07) is 32.8. The first kappa shape index (κ1) is 17.9. The highest BCUT2D eigenvalue weighted by molar-refractivity contribution is 7.95. The highest BCUT2D eigenvalue weighted by Crippen LogP contribution is 2.55. The van der Waals surface area contributed by atoms with E-state index in [4.69, 9.17) is 0 Å². The molecule has 25 heavy (non-hydrogen) atoms. The maximum absolute atomic E-state index is 9.77. The summed E-state index contributed by atoms with van der Waals surface area (Å²) in [4.78, 5) is 0. The largest absolute Gasteiger partial charge is 0.393 e. The lowest BCUT2D eigenvalue weighted by Gasteiger charge is -2.28. The summed E-state index contributed by atoms with van der Waals surface area (Å²) < 4.78 is 0. The van der Waals surface area contributed by atoms with E-state index < -0.39 is 7.26 Å². The second-order valence-corrected chi connectivity index (χ2v) is 10.1. The van der Waals surface area contributed by atoms with Gasteiger partial charge in [0.2, 0.25) is 0 Å². The summed E-state index contributed by atoms with van der Waals surface area (Å²) in [6.07, 6.45) is 2.69. The van der Waals surface area contributed by atoms with E-state index in [0.717, 1.165) is 19.0 Å². The second kappa shape index (κ2) is 8.43. The SMILES string of the molecule is CC(O)CCC[P+](c1ccccc1)(c1ccccc1)c1ccccc1. The van der Waals surface area contributed by atoms with E-state index in [0.29, 0.717) is 0 Å². The number of aliphatic hydroxyl groups is 1. The van der Waals surface area contributed by atoms with Crippen molar-refractivity contribution in [2.45, 2.75) is 25.9 Å². The Kier molecular flexibility index (Phi) is 6.02. The van der Waals surface area contributed by atoms with Crippen molar-refractivity contribution in [3.63, 3.8) is 0 Å². The van der Waals surface area contributed by atoms with Gasteiger partial charge in [-0.25, -0.2) is 0 Å². The molecule has 3 rings (SSSR count). The molecule has 0 saturated carbocycles. The molecule has 0 heterocycles. The van der Waals surface area contributed by atoms with E-state index in [-0.39, 0.29) is 6.10 Å². The molecule has 0 aliphatic carbocycles. The molecule has 0 aliphatic rings. The maximum Gasteiger partial charge on any atom is 0.112 e. The molecule has 2 heteroatoms. The number of hydrogen-bond acceptors (Lipinski definition) is 1. The summed E-state index contributed by atoms with van der Waals surface area (Å²) in [7, 11) is -1.72. The predicted octanol–water partition coefficient (Wildman–Crippen LogP) is 4.14. The van der Waals surface area contributed by atoms with Crippen molar-refractivity contribution in [2.75, 3.05) is 6.16 Å². The Morgan fingerprint density at radius 1 is 0.680 bits per heavy atom. The Labute approximate surface area is 151 Å². The lowest BCUT2D eigenvalue weighted by molar-refractivity contribution is 0.184. The number of rotatable bonds is 7. The van der Waals surface area contributed by atoms with Gasteiger partial charge in [-0.05, 0) is 56.2 Å². The smallest absolute Gasteiger partial charge is 0.112 e. The van der Waals surface area contributed by atoms with Gasteiger partial charge < -0.3 is 5.11 Å². The van der Waals surface area contributed by atoms with Crippen molar-refractivity contribution in [3.8, 4) is 0 Å². The fourth-order valence-electron chi connectivity index (χ4n) is 3.51. The van der Waals surface area contributed by atoms with Crippen LogP contribution < -0.4 is 15.9 Å². The first-order valence-electron chi connectivity index (χ1n) is 8.96. The second-order valence-electron chi connectivity index (χ2n) is 6.53. The fraction of sp³-hybridized carbons (Fsp3) is 0.217. The van der Waals surface area contributed by atoms with Crippen LogP contribution in [0.2, 0.25) is 0 Å². The predicted molar refractivity (Wildman–Crippen MR) is 111 cm³/mol. The first-order valence-corrected chi connectivity index (χ1v) is 10.9. The molecule has 1 unspecified atom stereocenters. The van der Waals surface area contributed by atoms with Crippen LogP contribution in [-0.4, -0.2) is 17.4 Å². The molecule has 1 atom stereocenters. The van der Waals surface area contributed by atoms with E-state index in [1.807, 2.05) is 6.92 Å². The van der Waals surface area contributed by atoms with Crippen molar-refractivity contribution in [1.82, 2.24) is 0 Å². The third-order valence-electron chi connectivity index (χ3n) is 4.71. The number of benzene rings is 3. The van der Waals surface area contributed by atoms with Crippen LogP contribution in [0.15, 0.2) is 91.0 Å². The Bertz CT molecular complexity index is 657. The summed E-state index contributed by atoms with van der Waals surface area (Å²) in [6.45, 7) is 1.88. The molecule has 0 aromatic heterocycles. The van der Waals surface area contributed by atoms with E-state index in [1.54, 1.807) is 0 Å². The summed E-state index contributed by atoms with van der Waals surface area (Å²) in [5.74, 6) is 0. The summed E-state index contributed by atoms with van der Waals surface area (Å²) >= 11 is 0. The van der Waals surface area contributed by atoms with Gasteiger partial charge in [0.1, 0.15) is 23.2 Å². The molecule has 3 aromatic rings. The van der Waals surface area contributed by atoms with Gasteiger partial charge in [0.15, 0.2) is 0 Å². The topological polar surface area (TPSA) is 20.2 Å². The average Bonchev–Trinajstić information content (AvgIpc) is 2.67. The minimum absolute atomic E-state index is 0.246. The Morgan fingerprint density at radius 3 is 1.36 bits per heavy atom. The van der Waals surface area contributed by atoms with E-state index in [1.165, 1.54) is 15.9 Å². The number of hydrogen-bond donors (Lipinski definition) is 1. The van der Waals surface area contributed by atoms with Gasteiger partial charge in [-0.2, -0.15) is 0 Å². The third-order valence-corrected chi connectivity index (χ3v) is 9.23. The van der Waals surface area contributed by atoms with Gasteiger partial charge in [-0.3, -0.25) is 0 Å². The van der Waals surface area contributed by atoms with Gasteiger partial charge in [-0.15, -0.1) is 0 Å². The van der Waals surface area contributed by atoms with Gasteiger partial charge in [-0.1, -0.05) is 54.6 Å². The van der Waals surface area contributed by atoms with Crippen LogP contribution in [0.5, 0.6) is 0 Å². The standard InChI is InChI=1S/C23H26OP/c1-20(24)12-11-19-25(21-13-5-2-6-14-21,22-15-7-3-8-16-22)23-17-9-4-10-18-23/h2-10,13-18,20,24H,11-12,19H2,1H3/q+1. The third kappa shape index (κ3) is 4.00. The molecule has 0 aliphatic heterocycles. The van der Waals surface area contributed by atoms with Gasteiger partial charge >= 0.3 is 0 Å². The van der Waals surface area contributed by atoms with E-state index in [9.17, 15) is 5.11 Å². The Balaban J connectivity index is 2.16. The molecule has 0 spiro atoms. The van der Waals surface area contributed by atoms with Crippen LogP contribution in [-0.2, 0) is 0 Å². The quantitative estimate of drug-likeness (QED) is 0.636. The molecule has 128 valence electrons. The highest BCUT2D eigenvalue weighted by Gasteiger charge is 2.44. The molecular formula is C23H26OP+. The van der Waals surface area contributed by atoms with Gasteiger partial charge in [0.05, 0.1) is 12.3 Å². The van der Waals surface area contributed by atoms with Crippen LogP contribution in [0.3, 0.4) is 0 Å². The van der Waals surface area contributed by atoms with Crippen LogP contribution in [0.4, 0.5) is 0 Å². The zero-order chi connectivity index (χ0) is 17.5. The molecule has 1 N–H and O–H groups in total. The zero-order valence-electron chi connectivity index (χ0n) is 14.8. The van der Waals surface area contributed by atoms with Crippen LogP contribution in [0.25, 0.3) is 0 Å². The average molecular weight is 349 g/mol. The number of aliphatic hydroxyl groups excluding tert-OH is 1. The minimum Gasteiger partial charge on any atom is -0.393 e. The Hall–Kier alpha value is -1.95. The molecule has 1 nitrogen and oxygen atoms in total. The summed E-state index contributed by atoms with van der Waals surface area (Å²) in [5, 5.41) is 14.0. The highest BCUT2D eigenvalue weighted by atomic mass is 31.2. The zero-order valence-corrected chi connectivity index (χ0v) is 15.6. The van der Waals surface area contributed by atoms with Crippen LogP contribution in [0, 0.1) is 0 Å². The molecule has 0 amide bonds. The maximum atomic E-state index is 9.77.